The molecule has 108 valence electrons. The van der Waals surface area contributed by atoms with E-state index in [0.29, 0.717) is 18.0 Å². The second kappa shape index (κ2) is 6.72. The van der Waals surface area contributed by atoms with Crippen molar-refractivity contribution in [3.63, 3.8) is 0 Å². The minimum absolute atomic E-state index is 0.0402. The molecule has 4 N–H and O–H groups in total. The maximum atomic E-state index is 11.9. The van der Waals surface area contributed by atoms with Crippen LogP contribution in [0.25, 0.3) is 0 Å². The predicted molar refractivity (Wildman–Crippen MR) is 78.8 cm³/mol. The van der Waals surface area contributed by atoms with Crippen molar-refractivity contribution < 1.29 is 9.59 Å². The molecule has 1 aliphatic rings. The molecule has 0 radical (unpaired) electrons. The zero-order valence-electron chi connectivity index (χ0n) is 11.1. The summed E-state index contributed by atoms with van der Waals surface area (Å²) in [4.78, 5) is 23.0. The van der Waals surface area contributed by atoms with Crippen molar-refractivity contribution in [3.05, 3.63) is 28.8 Å². The molecule has 0 aliphatic carbocycles. The number of amides is 2. The minimum Gasteiger partial charge on any atom is -0.366 e. The number of piperidine rings is 1. The summed E-state index contributed by atoms with van der Waals surface area (Å²) in [6.45, 7) is 1.91. The van der Waals surface area contributed by atoms with Gasteiger partial charge in [0.2, 0.25) is 11.8 Å². The van der Waals surface area contributed by atoms with Crippen LogP contribution in [0.5, 0.6) is 0 Å². The Hall–Kier alpha value is -1.59. The molecule has 0 aromatic heterocycles. The first-order valence-corrected chi connectivity index (χ1v) is 7.04. The molecular formula is C14H18ClN3O2. The fourth-order valence-electron chi connectivity index (χ4n) is 2.37. The molecule has 0 bridgehead atoms. The summed E-state index contributed by atoms with van der Waals surface area (Å²) in [6, 6.07) is 4.68. The van der Waals surface area contributed by atoms with Crippen molar-refractivity contribution in [2.24, 2.45) is 11.7 Å². The van der Waals surface area contributed by atoms with Gasteiger partial charge < -0.3 is 16.4 Å². The summed E-state index contributed by atoms with van der Waals surface area (Å²) in [5.41, 5.74) is 6.00. The summed E-state index contributed by atoms with van der Waals surface area (Å²) in [7, 11) is 0. The first-order chi connectivity index (χ1) is 9.56. The zero-order valence-corrected chi connectivity index (χ0v) is 11.9. The van der Waals surface area contributed by atoms with E-state index in [1.165, 1.54) is 6.07 Å². The van der Waals surface area contributed by atoms with Gasteiger partial charge in [0.25, 0.3) is 0 Å². The van der Waals surface area contributed by atoms with Crippen molar-refractivity contribution in [2.75, 3.05) is 18.4 Å². The highest BCUT2D eigenvalue weighted by Crippen LogP contribution is 2.21. The van der Waals surface area contributed by atoms with E-state index >= 15 is 0 Å². The van der Waals surface area contributed by atoms with Gasteiger partial charge in [-0.05, 0) is 50.0 Å². The molecule has 20 heavy (non-hydrogen) atoms. The van der Waals surface area contributed by atoms with E-state index in [2.05, 4.69) is 10.6 Å². The van der Waals surface area contributed by atoms with Crippen LogP contribution in [0.3, 0.4) is 0 Å². The van der Waals surface area contributed by atoms with E-state index in [1.807, 2.05) is 0 Å². The van der Waals surface area contributed by atoms with Crippen molar-refractivity contribution in [1.82, 2.24) is 5.32 Å². The van der Waals surface area contributed by atoms with Gasteiger partial charge >= 0.3 is 0 Å². The third-order valence-electron chi connectivity index (χ3n) is 3.39. The molecule has 1 unspecified atom stereocenters. The Labute approximate surface area is 122 Å². The fraction of sp³-hybridized carbons (Fsp3) is 0.429. The molecule has 6 heteroatoms. The van der Waals surface area contributed by atoms with Gasteiger partial charge in [0.15, 0.2) is 0 Å². The first-order valence-electron chi connectivity index (χ1n) is 6.66. The molecule has 1 atom stereocenters. The molecular weight excluding hydrogens is 278 g/mol. The van der Waals surface area contributed by atoms with Crippen LogP contribution >= 0.6 is 11.6 Å². The van der Waals surface area contributed by atoms with Gasteiger partial charge in [-0.25, -0.2) is 0 Å². The van der Waals surface area contributed by atoms with E-state index in [1.54, 1.807) is 12.1 Å². The third kappa shape index (κ3) is 3.95. The van der Waals surface area contributed by atoms with Crippen LogP contribution in [0, 0.1) is 5.92 Å². The summed E-state index contributed by atoms with van der Waals surface area (Å²) in [5.74, 6) is -0.244. The average molecular weight is 296 g/mol. The topological polar surface area (TPSA) is 84.2 Å². The van der Waals surface area contributed by atoms with Gasteiger partial charge in [-0.3, -0.25) is 9.59 Å². The molecule has 1 saturated heterocycles. The van der Waals surface area contributed by atoms with Gasteiger partial charge in [-0.1, -0.05) is 11.6 Å². The predicted octanol–water partition coefficient (Wildman–Crippen LogP) is 1.77. The van der Waals surface area contributed by atoms with Crippen molar-refractivity contribution >= 4 is 29.1 Å². The summed E-state index contributed by atoms with van der Waals surface area (Å²) in [5, 5.41) is 6.32. The van der Waals surface area contributed by atoms with Crippen molar-refractivity contribution in [3.8, 4) is 0 Å². The van der Waals surface area contributed by atoms with Crippen LogP contribution in [0.4, 0.5) is 5.69 Å². The lowest BCUT2D eigenvalue weighted by atomic mass is 9.96. The lowest BCUT2D eigenvalue weighted by molar-refractivity contribution is -0.117. The Morgan fingerprint density at radius 3 is 2.85 bits per heavy atom. The lowest BCUT2D eigenvalue weighted by Crippen LogP contribution is -2.32. The maximum absolute atomic E-state index is 11.9. The van der Waals surface area contributed by atoms with Crippen LogP contribution in [0.2, 0.25) is 5.02 Å². The van der Waals surface area contributed by atoms with Crippen LogP contribution in [0.1, 0.15) is 29.6 Å². The Bertz CT molecular complexity index is 513. The number of halogens is 1. The third-order valence-corrected chi connectivity index (χ3v) is 3.70. The first kappa shape index (κ1) is 14.8. The highest BCUT2D eigenvalue weighted by atomic mass is 35.5. The van der Waals surface area contributed by atoms with Crippen LogP contribution < -0.4 is 16.4 Å². The molecule has 2 rings (SSSR count). The van der Waals surface area contributed by atoms with Gasteiger partial charge in [0.05, 0.1) is 10.6 Å². The Morgan fingerprint density at radius 2 is 2.25 bits per heavy atom. The SMILES string of the molecule is NC(=O)c1ccc(NC(=O)CC2CCCNC2)cc1Cl. The van der Waals surface area contributed by atoms with Crippen LogP contribution in [-0.4, -0.2) is 24.9 Å². The second-order valence-electron chi connectivity index (χ2n) is 5.02. The van der Waals surface area contributed by atoms with E-state index < -0.39 is 5.91 Å². The van der Waals surface area contributed by atoms with Crippen LogP contribution in [0.15, 0.2) is 18.2 Å². The Kier molecular flexibility index (Phi) is 4.98. The average Bonchev–Trinajstić information content (AvgIpc) is 2.39. The number of nitrogens with one attached hydrogen (secondary N) is 2. The highest BCUT2D eigenvalue weighted by molar-refractivity contribution is 6.34. The van der Waals surface area contributed by atoms with Crippen molar-refractivity contribution in [2.45, 2.75) is 19.3 Å². The van der Waals surface area contributed by atoms with E-state index in [4.69, 9.17) is 17.3 Å². The number of benzene rings is 1. The number of carbonyl (C=O) groups excluding carboxylic acids is 2. The molecule has 1 aromatic rings. The van der Waals surface area contributed by atoms with Crippen molar-refractivity contribution in [1.29, 1.82) is 0 Å². The largest absolute Gasteiger partial charge is 0.366 e. The Balaban J connectivity index is 1.93. The molecule has 1 heterocycles. The van der Waals surface area contributed by atoms with Gasteiger partial charge in [-0.2, -0.15) is 0 Å². The number of anilines is 1. The Morgan fingerprint density at radius 1 is 1.45 bits per heavy atom. The normalized spacial score (nSPS) is 18.6. The number of hydrogen-bond acceptors (Lipinski definition) is 3. The van der Waals surface area contributed by atoms with E-state index in [9.17, 15) is 9.59 Å². The highest BCUT2D eigenvalue weighted by Gasteiger charge is 2.17. The van der Waals surface area contributed by atoms with Gasteiger partial charge in [0, 0.05) is 12.1 Å². The molecule has 1 fully saturated rings. The number of nitrogens with two attached hydrogens (primary N) is 1. The zero-order chi connectivity index (χ0) is 14.5. The van der Waals surface area contributed by atoms with Crippen LogP contribution in [-0.2, 0) is 4.79 Å². The monoisotopic (exact) mass is 295 g/mol. The molecule has 2 amide bonds. The molecule has 5 nitrogen and oxygen atoms in total. The number of primary amides is 1. The summed E-state index contributed by atoms with van der Waals surface area (Å²) < 4.78 is 0. The van der Waals surface area contributed by atoms with E-state index in [-0.39, 0.29) is 16.5 Å². The standard InChI is InChI=1S/C14H18ClN3O2/c15-12-7-10(3-4-11(12)14(16)20)18-13(19)6-9-2-1-5-17-8-9/h3-4,7,9,17H,1-2,5-6,8H2,(H2,16,20)(H,18,19). The van der Waals surface area contributed by atoms with Gasteiger partial charge in [0.1, 0.15) is 0 Å². The second-order valence-corrected chi connectivity index (χ2v) is 5.43. The summed E-state index contributed by atoms with van der Waals surface area (Å²) >= 11 is 5.94. The molecule has 0 saturated carbocycles. The quantitative estimate of drug-likeness (QED) is 0.791. The fourth-order valence-corrected chi connectivity index (χ4v) is 2.64. The molecule has 0 spiro atoms. The lowest BCUT2D eigenvalue weighted by Gasteiger charge is -2.22. The number of carbonyl (C=O) groups is 2. The number of rotatable bonds is 4. The minimum atomic E-state index is -0.582. The smallest absolute Gasteiger partial charge is 0.250 e. The molecule has 1 aromatic carbocycles. The number of hydrogen-bond donors (Lipinski definition) is 3. The molecule has 1 aliphatic heterocycles. The van der Waals surface area contributed by atoms with Gasteiger partial charge in [-0.15, -0.1) is 0 Å². The van der Waals surface area contributed by atoms with E-state index in [0.717, 1.165) is 25.9 Å². The summed E-state index contributed by atoms with van der Waals surface area (Å²) in [6.07, 6.45) is 2.67. The maximum Gasteiger partial charge on any atom is 0.250 e.